The number of carbonyl (C=O) groups is 1. The summed E-state index contributed by atoms with van der Waals surface area (Å²) in [7, 11) is 3.28. The van der Waals surface area contributed by atoms with Crippen LogP contribution in [0.25, 0.3) is 0 Å². The van der Waals surface area contributed by atoms with Gasteiger partial charge >= 0.3 is 0 Å². The molecule has 0 aliphatic heterocycles. The number of terminal acetylenes is 1. The zero-order chi connectivity index (χ0) is 15.9. The molecule has 0 spiro atoms. The summed E-state index contributed by atoms with van der Waals surface area (Å²) in [5, 5.41) is 2.71. The summed E-state index contributed by atoms with van der Waals surface area (Å²) in [5.41, 5.74) is 1.01. The maximum absolute atomic E-state index is 11.9. The van der Waals surface area contributed by atoms with Gasteiger partial charge in [0.2, 0.25) is 5.91 Å². The second kappa shape index (κ2) is 7.71. The van der Waals surface area contributed by atoms with Gasteiger partial charge in [-0.25, -0.2) is 0 Å². The van der Waals surface area contributed by atoms with Crippen molar-refractivity contribution in [1.29, 1.82) is 0 Å². The highest BCUT2D eigenvalue weighted by Crippen LogP contribution is 2.31. The van der Waals surface area contributed by atoms with E-state index in [0.29, 0.717) is 19.1 Å². The molecule has 1 aliphatic rings. The van der Waals surface area contributed by atoms with E-state index in [9.17, 15) is 4.79 Å². The highest BCUT2D eigenvalue weighted by molar-refractivity contribution is 5.78. The lowest BCUT2D eigenvalue weighted by molar-refractivity contribution is -0.122. The van der Waals surface area contributed by atoms with Crippen LogP contribution in [0.5, 0.6) is 11.5 Å². The smallest absolute Gasteiger partial charge is 0.234 e. The average Bonchev–Trinajstić information content (AvgIpc) is 3.37. The molecule has 0 aromatic heterocycles. The maximum Gasteiger partial charge on any atom is 0.234 e. The molecule has 22 heavy (non-hydrogen) atoms. The SMILES string of the molecule is C#CCNC(=O)CN(Cc1cc(OC)ccc1OC)C1CC1. The third-order valence-electron chi connectivity index (χ3n) is 3.66. The summed E-state index contributed by atoms with van der Waals surface area (Å²) >= 11 is 0. The number of hydrogen-bond donors (Lipinski definition) is 1. The van der Waals surface area contributed by atoms with Crippen molar-refractivity contribution in [3.05, 3.63) is 23.8 Å². The summed E-state index contributed by atoms with van der Waals surface area (Å²) in [6, 6.07) is 6.15. The van der Waals surface area contributed by atoms with E-state index in [1.807, 2.05) is 18.2 Å². The molecule has 1 aliphatic carbocycles. The molecule has 1 aromatic carbocycles. The molecule has 0 heterocycles. The Morgan fingerprint density at radius 2 is 2.18 bits per heavy atom. The predicted octanol–water partition coefficient (Wildman–Crippen LogP) is 1.42. The molecule has 0 radical (unpaired) electrons. The van der Waals surface area contributed by atoms with Crippen LogP contribution in [0.15, 0.2) is 18.2 Å². The topological polar surface area (TPSA) is 50.8 Å². The van der Waals surface area contributed by atoms with Gasteiger partial charge in [-0.3, -0.25) is 9.69 Å². The lowest BCUT2D eigenvalue weighted by atomic mass is 10.1. The van der Waals surface area contributed by atoms with Crippen LogP contribution in [0, 0.1) is 12.3 Å². The number of carbonyl (C=O) groups excluding carboxylic acids is 1. The molecule has 0 atom stereocenters. The van der Waals surface area contributed by atoms with Crippen molar-refractivity contribution in [3.8, 4) is 23.8 Å². The van der Waals surface area contributed by atoms with Gasteiger partial charge in [0, 0.05) is 18.2 Å². The molecule has 1 saturated carbocycles. The van der Waals surface area contributed by atoms with E-state index in [0.717, 1.165) is 29.9 Å². The van der Waals surface area contributed by atoms with Crippen molar-refractivity contribution in [1.82, 2.24) is 10.2 Å². The van der Waals surface area contributed by atoms with Crippen LogP contribution in [0.2, 0.25) is 0 Å². The van der Waals surface area contributed by atoms with E-state index in [1.54, 1.807) is 14.2 Å². The third kappa shape index (κ3) is 4.40. The van der Waals surface area contributed by atoms with Crippen molar-refractivity contribution in [2.75, 3.05) is 27.3 Å². The number of amides is 1. The van der Waals surface area contributed by atoms with E-state index < -0.39 is 0 Å². The lowest BCUT2D eigenvalue weighted by Gasteiger charge is -2.22. The fraction of sp³-hybridized carbons (Fsp3) is 0.471. The van der Waals surface area contributed by atoms with E-state index in [1.165, 1.54) is 0 Å². The Kier molecular flexibility index (Phi) is 5.68. The van der Waals surface area contributed by atoms with Crippen molar-refractivity contribution in [2.45, 2.75) is 25.4 Å². The number of rotatable bonds is 8. The lowest BCUT2D eigenvalue weighted by Crippen LogP contribution is -2.38. The highest BCUT2D eigenvalue weighted by Gasteiger charge is 2.30. The number of benzene rings is 1. The van der Waals surface area contributed by atoms with Gasteiger partial charge in [0.05, 0.1) is 27.3 Å². The largest absolute Gasteiger partial charge is 0.497 e. The molecule has 2 rings (SSSR count). The van der Waals surface area contributed by atoms with Gasteiger partial charge in [-0.2, -0.15) is 0 Å². The molecular formula is C17H22N2O3. The summed E-state index contributed by atoms with van der Waals surface area (Å²) in [6.07, 6.45) is 7.40. The summed E-state index contributed by atoms with van der Waals surface area (Å²) in [6.45, 7) is 1.25. The molecule has 1 aromatic rings. The van der Waals surface area contributed by atoms with Crippen LogP contribution >= 0.6 is 0 Å². The van der Waals surface area contributed by atoms with Crippen LogP contribution in [0.4, 0.5) is 0 Å². The molecule has 5 heteroatoms. The Labute approximate surface area is 131 Å². The first-order chi connectivity index (χ1) is 10.7. The van der Waals surface area contributed by atoms with Crippen LogP contribution in [0.3, 0.4) is 0 Å². The second-order valence-electron chi connectivity index (χ2n) is 5.29. The molecule has 0 saturated heterocycles. The normalized spacial score (nSPS) is 13.5. The van der Waals surface area contributed by atoms with Gasteiger partial charge in [-0.05, 0) is 31.0 Å². The molecule has 1 amide bonds. The molecule has 0 bridgehead atoms. The minimum absolute atomic E-state index is 0.0493. The van der Waals surface area contributed by atoms with Gasteiger partial charge in [-0.1, -0.05) is 5.92 Å². The van der Waals surface area contributed by atoms with E-state index in [2.05, 4.69) is 16.1 Å². The first-order valence-corrected chi connectivity index (χ1v) is 7.33. The van der Waals surface area contributed by atoms with Crippen molar-refractivity contribution in [3.63, 3.8) is 0 Å². The maximum atomic E-state index is 11.9. The number of nitrogens with one attached hydrogen (secondary N) is 1. The molecule has 1 N–H and O–H groups in total. The average molecular weight is 302 g/mol. The van der Waals surface area contributed by atoms with Crippen molar-refractivity contribution in [2.24, 2.45) is 0 Å². The van der Waals surface area contributed by atoms with Crippen LogP contribution in [-0.2, 0) is 11.3 Å². The van der Waals surface area contributed by atoms with E-state index in [4.69, 9.17) is 15.9 Å². The quantitative estimate of drug-likeness (QED) is 0.738. The highest BCUT2D eigenvalue weighted by atomic mass is 16.5. The molecular weight excluding hydrogens is 280 g/mol. The Bertz CT molecular complexity index is 562. The minimum Gasteiger partial charge on any atom is -0.497 e. The fourth-order valence-corrected chi connectivity index (χ4v) is 2.37. The number of ether oxygens (including phenoxy) is 2. The molecule has 1 fully saturated rings. The number of nitrogens with zero attached hydrogens (tertiary/aromatic N) is 1. The van der Waals surface area contributed by atoms with Gasteiger partial charge in [0.15, 0.2) is 0 Å². The van der Waals surface area contributed by atoms with E-state index >= 15 is 0 Å². The van der Waals surface area contributed by atoms with Crippen LogP contribution in [-0.4, -0.2) is 44.2 Å². The van der Waals surface area contributed by atoms with Crippen molar-refractivity contribution < 1.29 is 14.3 Å². The monoisotopic (exact) mass is 302 g/mol. The molecule has 5 nitrogen and oxygen atoms in total. The van der Waals surface area contributed by atoms with Crippen molar-refractivity contribution >= 4 is 5.91 Å². The zero-order valence-electron chi connectivity index (χ0n) is 13.1. The first kappa shape index (κ1) is 16.2. The van der Waals surface area contributed by atoms with Gasteiger partial charge in [0.25, 0.3) is 0 Å². The Hall–Kier alpha value is -2.19. The zero-order valence-corrected chi connectivity index (χ0v) is 13.1. The minimum atomic E-state index is -0.0493. The Morgan fingerprint density at radius 1 is 1.41 bits per heavy atom. The van der Waals surface area contributed by atoms with Gasteiger partial charge in [0.1, 0.15) is 11.5 Å². The van der Waals surface area contributed by atoms with Crippen LogP contribution in [0.1, 0.15) is 18.4 Å². The second-order valence-corrected chi connectivity index (χ2v) is 5.29. The van der Waals surface area contributed by atoms with Gasteiger partial charge in [-0.15, -0.1) is 6.42 Å². The Balaban J connectivity index is 2.07. The number of methoxy groups -OCH3 is 2. The molecule has 0 unspecified atom stereocenters. The van der Waals surface area contributed by atoms with Gasteiger partial charge < -0.3 is 14.8 Å². The predicted molar refractivity (Wildman–Crippen MR) is 84.8 cm³/mol. The molecule has 118 valence electrons. The summed E-state index contributed by atoms with van der Waals surface area (Å²) in [5.74, 6) is 3.95. The van der Waals surface area contributed by atoms with Crippen LogP contribution < -0.4 is 14.8 Å². The summed E-state index contributed by atoms with van der Waals surface area (Å²) < 4.78 is 10.7. The fourth-order valence-electron chi connectivity index (χ4n) is 2.37. The first-order valence-electron chi connectivity index (χ1n) is 7.33. The van der Waals surface area contributed by atoms with E-state index in [-0.39, 0.29) is 12.5 Å². The Morgan fingerprint density at radius 3 is 2.77 bits per heavy atom. The standard InChI is InChI=1S/C17H22N2O3/c1-4-9-18-17(20)12-19(14-5-6-14)11-13-10-15(21-2)7-8-16(13)22-3/h1,7-8,10,14H,5-6,9,11-12H2,2-3H3,(H,18,20). The summed E-state index contributed by atoms with van der Waals surface area (Å²) in [4.78, 5) is 14.1. The third-order valence-corrected chi connectivity index (χ3v) is 3.66. The number of hydrogen-bond acceptors (Lipinski definition) is 4.